The van der Waals surface area contributed by atoms with Gasteiger partial charge in [0.2, 0.25) is 11.8 Å². The number of carboxylic acids is 1. The van der Waals surface area contributed by atoms with Gasteiger partial charge in [0, 0.05) is 25.1 Å². The second-order valence-electron chi connectivity index (χ2n) is 4.61. The second-order valence-corrected chi connectivity index (χ2v) is 4.61. The first-order chi connectivity index (χ1) is 9.79. The van der Waals surface area contributed by atoms with Crippen molar-refractivity contribution >= 4 is 29.2 Å². The zero-order chi connectivity index (χ0) is 15.7. The predicted octanol–water partition coefficient (Wildman–Crippen LogP) is 0.131. The molecule has 1 aromatic carbocycles. The third kappa shape index (κ3) is 2.81. The number of carboxylic acid groups (broad SMARTS) is 1. The Morgan fingerprint density at radius 2 is 2.05 bits per heavy atom. The van der Waals surface area contributed by atoms with E-state index in [9.17, 15) is 24.5 Å². The van der Waals surface area contributed by atoms with Crippen molar-refractivity contribution < 1.29 is 24.4 Å². The van der Waals surface area contributed by atoms with Crippen LogP contribution in [-0.2, 0) is 9.59 Å². The number of carbonyl (C=O) groups is 3. The van der Waals surface area contributed by atoms with E-state index in [4.69, 9.17) is 10.8 Å². The minimum absolute atomic E-state index is 0.0195. The summed E-state index contributed by atoms with van der Waals surface area (Å²) < 4.78 is 0. The average Bonchev–Trinajstić information content (AvgIpc) is 2.80. The number of anilines is 1. The number of nitro benzene ring substituents is 1. The Morgan fingerprint density at radius 1 is 1.38 bits per heavy atom. The van der Waals surface area contributed by atoms with Crippen LogP contribution in [0.15, 0.2) is 18.2 Å². The van der Waals surface area contributed by atoms with Crippen LogP contribution in [0, 0.1) is 16.0 Å². The highest BCUT2D eigenvalue weighted by Crippen LogP contribution is 2.29. The molecule has 0 aliphatic carbocycles. The van der Waals surface area contributed by atoms with Gasteiger partial charge in [-0.3, -0.25) is 19.7 Å². The number of non-ortho nitro benzene ring substituents is 1. The summed E-state index contributed by atoms with van der Waals surface area (Å²) >= 11 is 0. The smallest absolute Gasteiger partial charge is 0.336 e. The molecular formula is C12H11N3O6. The van der Waals surface area contributed by atoms with Crippen molar-refractivity contribution in [3.05, 3.63) is 33.9 Å². The molecule has 110 valence electrons. The van der Waals surface area contributed by atoms with E-state index in [1.165, 1.54) is 0 Å². The van der Waals surface area contributed by atoms with Gasteiger partial charge >= 0.3 is 5.97 Å². The Bertz CT molecular complexity index is 624. The number of primary amides is 1. The summed E-state index contributed by atoms with van der Waals surface area (Å²) in [5.74, 6) is -3.12. The highest BCUT2D eigenvalue weighted by Gasteiger charge is 2.34. The standard InChI is InChI=1S/C12H11N3O6/c13-11(17)7-3-10(16)14(5-7)8-1-6(12(18)19)2-9(4-8)15(20)21/h1-2,4,7H,3,5H2,(H2,13,17)(H,18,19). The number of aromatic carboxylic acids is 1. The molecule has 21 heavy (non-hydrogen) atoms. The number of nitro groups is 1. The van der Waals surface area contributed by atoms with Gasteiger partial charge in [0.15, 0.2) is 0 Å². The number of rotatable bonds is 4. The first-order valence-electron chi connectivity index (χ1n) is 5.92. The Labute approximate surface area is 118 Å². The van der Waals surface area contributed by atoms with Gasteiger partial charge in [0.1, 0.15) is 0 Å². The quantitative estimate of drug-likeness (QED) is 0.596. The average molecular weight is 293 g/mol. The van der Waals surface area contributed by atoms with Gasteiger partial charge < -0.3 is 15.7 Å². The van der Waals surface area contributed by atoms with Crippen molar-refractivity contribution in [2.24, 2.45) is 11.7 Å². The Balaban J connectivity index is 2.44. The zero-order valence-electron chi connectivity index (χ0n) is 10.7. The summed E-state index contributed by atoms with van der Waals surface area (Å²) in [4.78, 5) is 45.2. The highest BCUT2D eigenvalue weighted by molar-refractivity contribution is 6.01. The molecule has 1 fully saturated rings. The topological polar surface area (TPSA) is 144 Å². The molecule has 1 unspecified atom stereocenters. The van der Waals surface area contributed by atoms with Crippen molar-refractivity contribution in [3.63, 3.8) is 0 Å². The molecular weight excluding hydrogens is 282 g/mol. The monoisotopic (exact) mass is 293 g/mol. The van der Waals surface area contributed by atoms with E-state index in [1.807, 2.05) is 0 Å². The summed E-state index contributed by atoms with van der Waals surface area (Å²) in [5.41, 5.74) is 4.45. The molecule has 0 radical (unpaired) electrons. The molecule has 0 spiro atoms. The van der Waals surface area contributed by atoms with Crippen LogP contribution >= 0.6 is 0 Å². The highest BCUT2D eigenvalue weighted by atomic mass is 16.6. The summed E-state index contributed by atoms with van der Waals surface area (Å²) in [5, 5.41) is 19.8. The maximum atomic E-state index is 11.9. The summed E-state index contributed by atoms with van der Waals surface area (Å²) in [6, 6.07) is 3.14. The Morgan fingerprint density at radius 3 is 2.52 bits per heavy atom. The molecule has 0 bridgehead atoms. The van der Waals surface area contributed by atoms with Crippen LogP contribution in [0.4, 0.5) is 11.4 Å². The minimum Gasteiger partial charge on any atom is -0.478 e. The number of hydrogen-bond acceptors (Lipinski definition) is 5. The lowest BCUT2D eigenvalue weighted by Crippen LogP contribution is -2.28. The van der Waals surface area contributed by atoms with Gasteiger partial charge in [-0.2, -0.15) is 0 Å². The molecule has 1 aromatic rings. The van der Waals surface area contributed by atoms with Crippen LogP contribution in [-0.4, -0.2) is 34.4 Å². The molecule has 3 N–H and O–H groups in total. The third-order valence-corrected chi connectivity index (χ3v) is 3.20. The Hall–Kier alpha value is -2.97. The van der Waals surface area contributed by atoms with Gasteiger partial charge in [0.05, 0.1) is 22.1 Å². The molecule has 9 heteroatoms. The van der Waals surface area contributed by atoms with E-state index in [1.54, 1.807) is 0 Å². The largest absolute Gasteiger partial charge is 0.478 e. The fourth-order valence-electron chi connectivity index (χ4n) is 2.13. The molecule has 1 aliphatic heterocycles. The lowest BCUT2D eigenvalue weighted by molar-refractivity contribution is -0.384. The number of benzene rings is 1. The van der Waals surface area contributed by atoms with Crippen molar-refractivity contribution in [3.8, 4) is 0 Å². The van der Waals surface area contributed by atoms with E-state index in [2.05, 4.69) is 0 Å². The molecule has 2 rings (SSSR count). The van der Waals surface area contributed by atoms with Crippen LogP contribution in [0.2, 0.25) is 0 Å². The Kier molecular flexibility index (Phi) is 3.57. The van der Waals surface area contributed by atoms with Crippen LogP contribution in [0.1, 0.15) is 16.8 Å². The number of hydrogen-bond donors (Lipinski definition) is 2. The maximum Gasteiger partial charge on any atom is 0.336 e. The van der Waals surface area contributed by atoms with Gasteiger partial charge in [0.25, 0.3) is 5.69 Å². The molecule has 1 aliphatic rings. The van der Waals surface area contributed by atoms with Crippen molar-refractivity contribution in [1.82, 2.24) is 0 Å². The van der Waals surface area contributed by atoms with Gasteiger partial charge in [-0.25, -0.2) is 4.79 Å². The zero-order valence-corrected chi connectivity index (χ0v) is 10.7. The number of amides is 2. The molecule has 9 nitrogen and oxygen atoms in total. The second kappa shape index (κ2) is 5.19. The number of nitrogens with zero attached hydrogens (tertiary/aromatic N) is 2. The van der Waals surface area contributed by atoms with Crippen LogP contribution in [0.3, 0.4) is 0 Å². The van der Waals surface area contributed by atoms with Gasteiger partial charge in [-0.1, -0.05) is 0 Å². The lowest BCUT2D eigenvalue weighted by Gasteiger charge is -2.16. The van der Waals surface area contributed by atoms with Crippen molar-refractivity contribution in [2.75, 3.05) is 11.4 Å². The van der Waals surface area contributed by atoms with Crippen molar-refractivity contribution in [2.45, 2.75) is 6.42 Å². The number of carbonyl (C=O) groups excluding carboxylic acids is 2. The van der Waals surface area contributed by atoms with Crippen molar-refractivity contribution in [1.29, 1.82) is 0 Å². The fraction of sp³-hybridized carbons (Fsp3) is 0.250. The lowest BCUT2D eigenvalue weighted by atomic mass is 10.1. The molecule has 2 amide bonds. The number of nitrogens with two attached hydrogens (primary N) is 1. The molecule has 1 saturated heterocycles. The van der Waals surface area contributed by atoms with E-state index in [0.29, 0.717) is 0 Å². The van der Waals surface area contributed by atoms with E-state index < -0.39 is 34.3 Å². The summed E-state index contributed by atoms with van der Waals surface area (Å²) in [6.45, 7) is -0.0195. The first kappa shape index (κ1) is 14.4. The normalized spacial score (nSPS) is 17.8. The molecule has 1 atom stereocenters. The summed E-state index contributed by atoms with van der Waals surface area (Å²) in [6.07, 6.45) is -0.0968. The first-order valence-corrected chi connectivity index (χ1v) is 5.92. The molecule has 0 saturated carbocycles. The minimum atomic E-state index is -1.35. The van der Waals surface area contributed by atoms with E-state index in [0.717, 1.165) is 23.1 Å². The maximum absolute atomic E-state index is 11.9. The van der Waals surface area contributed by atoms with Crippen LogP contribution in [0.25, 0.3) is 0 Å². The third-order valence-electron chi connectivity index (χ3n) is 3.20. The van der Waals surface area contributed by atoms with Gasteiger partial charge in [-0.15, -0.1) is 0 Å². The molecule has 1 heterocycles. The van der Waals surface area contributed by atoms with Crippen LogP contribution < -0.4 is 10.6 Å². The SMILES string of the molecule is NC(=O)C1CC(=O)N(c2cc(C(=O)O)cc([N+](=O)[O-])c2)C1. The van der Waals surface area contributed by atoms with E-state index in [-0.39, 0.29) is 24.2 Å². The molecule has 0 aromatic heterocycles. The summed E-state index contributed by atoms with van der Waals surface area (Å²) in [7, 11) is 0. The van der Waals surface area contributed by atoms with E-state index >= 15 is 0 Å². The fourth-order valence-corrected chi connectivity index (χ4v) is 2.13. The van der Waals surface area contributed by atoms with Gasteiger partial charge in [-0.05, 0) is 6.07 Å². The van der Waals surface area contributed by atoms with Crippen LogP contribution in [0.5, 0.6) is 0 Å². The predicted molar refractivity (Wildman–Crippen MR) is 69.7 cm³/mol.